The van der Waals surface area contributed by atoms with Gasteiger partial charge in [-0.2, -0.15) is 10.1 Å². The lowest BCUT2D eigenvalue weighted by molar-refractivity contribution is -0.136. The number of nitrogens with zero attached hydrogens (tertiary/aromatic N) is 3. The predicted octanol–water partition coefficient (Wildman–Crippen LogP) is 1.75. The summed E-state index contributed by atoms with van der Waals surface area (Å²) in [6.07, 6.45) is 1.45. The molecule has 0 fully saturated rings. The lowest BCUT2D eigenvalue weighted by Gasteiger charge is -2.27. The molecule has 1 atom stereocenters. The number of hydrogen-bond acceptors (Lipinski definition) is 6. The molecule has 2 heterocycles. The van der Waals surface area contributed by atoms with Crippen molar-refractivity contribution in [3.8, 4) is 5.75 Å². The highest BCUT2D eigenvalue weighted by atomic mass is 16.5. The Hall–Kier alpha value is -2.83. The molecule has 0 spiro atoms. The van der Waals surface area contributed by atoms with Crippen molar-refractivity contribution in [1.29, 1.82) is 0 Å². The van der Waals surface area contributed by atoms with Gasteiger partial charge in [-0.1, -0.05) is 12.1 Å². The van der Waals surface area contributed by atoms with Gasteiger partial charge in [0.25, 0.3) is 0 Å². The first kappa shape index (κ1) is 14.1. The summed E-state index contributed by atoms with van der Waals surface area (Å²) >= 11 is 0. The van der Waals surface area contributed by atoms with E-state index in [-0.39, 0.29) is 0 Å². The van der Waals surface area contributed by atoms with E-state index in [2.05, 4.69) is 15.4 Å². The van der Waals surface area contributed by atoms with Gasteiger partial charge in [0.05, 0.1) is 19.8 Å². The van der Waals surface area contributed by atoms with E-state index in [0.717, 1.165) is 11.3 Å². The lowest BCUT2D eigenvalue weighted by atomic mass is 9.96. The molecule has 1 aromatic carbocycles. The van der Waals surface area contributed by atoms with Crippen LogP contribution in [0.25, 0.3) is 0 Å². The number of fused-ring (bicyclic) bond motifs is 1. The Balaban J connectivity index is 2.13. The molecule has 1 aliphatic rings. The number of methoxy groups -OCH3 is 2. The van der Waals surface area contributed by atoms with Crippen molar-refractivity contribution in [2.24, 2.45) is 0 Å². The highest BCUT2D eigenvalue weighted by Crippen LogP contribution is 2.35. The second-order valence-electron chi connectivity index (χ2n) is 4.86. The molecule has 0 bridgehead atoms. The number of allylic oxidation sites excluding steroid dienone is 1. The zero-order valence-corrected chi connectivity index (χ0v) is 12.5. The van der Waals surface area contributed by atoms with Gasteiger partial charge >= 0.3 is 5.97 Å². The molecule has 0 radical (unpaired) electrons. The van der Waals surface area contributed by atoms with Crippen molar-refractivity contribution >= 4 is 11.9 Å². The Morgan fingerprint density at radius 2 is 2.00 bits per heavy atom. The third-order valence-electron chi connectivity index (χ3n) is 3.63. The van der Waals surface area contributed by atoms with Gasteiger partial charge in [0, 0.05) is 5.70 Å². The molecule has 2 aromatic rings. The van der Waals surface area contributed by atoms with E-state index in [0.29, 0.717) is 17.2 Å². The average molecular weight is 300 g/mol. The highest BCUT2D eigenvalue weighted by molar-refractivity contribution is 5.92. The smallest absolute Gasteiger partial charge is 0.338 e. The van der Waals surface area contributed by atoms with Gasteiger partial charge in [-0.15, -0.1) is 0 Å². The van der Waals surface area contributed by atoms with Crippen LogP contribution in [0.5, 0.6) is 5.75 Å². The maximum atomic E-state index is 12.2. The van der Waals surface area contributed by atoms with Crippen molar-refractivity contribution < 1.29 is 14.3 Å². The van der Waals surface area contributed by atoms with Gasteiger partial charge in [0.2, 0.25) is 5.95 Å². The maximum Gasteiger partial charge on any atom is 0.338 e. The molecule has 3 rings (SSSR count). The fourth-order valence-corrected chi connectivity index (χ4v) is 2.56. The molecule has 22 heavy (non-hydrogen) atoms. The Bertz CT molecular complexity index is 734. The van der Waals surface area contributed by atoms with E-state index in [4.69, 9.17) is 9.47 Å². The third-order valence-corrected chi connectivity index (χ3v) is 3.63. The molecule has 1 aromatic heterocycles. The minimum absolute atomic E-state index is 0.392. The van der Waals surface area contributed by atoms with Crippen LogP contribution in [0.15, 0.2) is 41.9 Å². The molecule has 1 aliphatic heterocycles. The quantitative estimate of drug-likeness (QED) is 0.870. The number of nitrogens with one attached hydrogen (secondary N) is 1. The lowest BCUT2D eigenvalue weighted by Crippen LogP contribution is -2.29. The van der Waals surface area contributed by atoms with Gasteiger partial charge in [-0.25, -0.2) is 9.48 Å². The first-order valence-corrected chi connectivity index (χ1v) is 6.75. The standard InChI is InChI=1S/C15H16N4O3/c1-9-12(14(20)22-3)13(19-15(18-9)16-8-17-19)10-4-6-11(21-2)7-5-10/h4-8,13H,1-3H3,(H,16,17,18)/t13-/m0/s1. The Labute approximate surface area is 127 Å². The first-order valence-electron chi connectivity index (χ1n) is 6.75. The van der Waals surface area contributed by atoms with Gasteiger partial charge in [-0.3, -0.25) is 0 Å². The minimum atomic E-state index is -0.396. The highest BCUT2D eigenvalue weighted by Gasteiger charge is 2.33. The fourth-order valence-electron chi connectivity index (χ4n) is 2.56. The second-order valence-corrected chi connectivity index (χ2v) is 4.86. The molecule has 114 valence electrons. The molecule has 0 amide bonds. The van der Waals surface area contributed by atoms with Crippen molar-refractivity contribution in [2.45, 2.75) is 13.0 Å². The van der Waals surface area contributed by atoms with Crippen LogP contribution >= 0.6 is 0 Å². The molecule has 0 saturated carbocycles. The van der Waals surface area contributed by atoms with Crippen LogP contribution in [-0.4, -0.2) is 35.0 Å². The van der Waals surface area contributed by atoms with Crippen LogP contribution in [0.4, 0.5) is 5.95 Å². The van der Waals surface area contributed by atoms with Gasteiger partial charge in [0.1, 0.15) is 18.1 Å². The Kier molecular flexibility index (Phi) is 3.54. The first-order chi connectivity index (χ1) is 10.7. The minimum Gasteiger partial charge on any atom is -0.497 e. The van der Waals surface area contributed by atoms with E-state index in [9.17, 15) is 4.79 Å². The van der Waals surface area contributed by atoms with Crippen molar-refractivity contribution in [3.05, 3.63) is 47.4 Å². The SMILES string of the molecule is COC(=O)C1=C(C)Nc2ncnn2[C@H]1c1ccc(OC)cc1. The summed E-state index contributed by atoms with van der Waals surface area (Å²) in [4.78, 5) is 16.4. The largest absolute Gasteiger partial charge is 0.497 e. The Morgan fingerprint density at radius 3 is 2.64 bits per heavy atom. The molecule has 0 saturated heterocycles. The zero-order chi connectivity index (χ0) is 15.7. The molecule has 1 N–H and O–H groups in total. The summed E-state index contributed by atoms with van der Waals surface area (Å²) in [5, 5.41) is 7.30. The topological polar surface area (TPSA) is 78.3 Å². The van der Waals surface area contributed by atoms with Gasteiger partial charge in [0.15, 0.2) is 0 Å². The number of rotatable bonds is 3. The van der Waals surface area contributed by atoms with Gasteiger partial charge in [-0.05, 0) is 24.6 Å². The van der Waals surface area contributed by atoms with Crippen LogP contribution in [0, 0.1) is 0 Å². The third kappa shape index (κ3) is 2.20. The Morgan fingerprint density at radius 1 is 1.27 bits per heavy atom. The van der Waals surface area contributed by atoms with Crippen LogP contribution in [0.2, 0.25) is 0 Å². The summed E-state index contributed by atoms with van der Waals surface area (Å²) in [6.45, 7) is 1.82. The van der Waals surface area contributed by atoms with E-state index in [1.54, 1.807) is 11.8 Å². The van der Waals surface area contributed by atoms with Crippen molar-refractivity contribution in [1.82, 2.24) is 14.8 Å². The normalized spacial score (nSPS) is 16.8. The van der Waals surface area contributed by atoms with E-state index in [1.165, 1.54) is 13.4 Å². The number of esters is 1. The number of benzene rings is 1. The van der Waals surface area contributed by atoms with Crippen LogP contribution in [0.3, 0.4) is 0 Å². The summed E-state index contributed by atoms with van der Waals surface area (Å²) in [5.74, 6) is 0.940. The average Bonchev–Trinajstić information content (AvgIpc) is 3.00. The second kappa shape index (κ2) is 5.51. The molecule has 7 heteroatoms. The van der Waals surface area contributed by atoms with E-state index >= 15 is 0 Å². The predicted molar refractivity (Wildman–Crippen MR) is 79.5 cm³/mol. The maximum absolute atomic E-state index is 12.2. The van der Waals surface area contributed by atoms with Crippen LogP contribution < -0.4 is 10.1 Å². The number of aromatic nitrogens is 3. The number of hydrogen-bond donors (Lipinski definition) is 1. The molecule has 7 nitrogen and oxygen atoms in total. The summed E-state index contributed by atoms with van der Waals surface area (Å²) in [5.41, 5.74) is 2.10. The summed E-state index contributed by atoms with van der Waals surface area (Å²) in [6, 6.07) is 7.10. The van der Waals surface area contributed by atoms with Gasteiger partial charge < -0.3 is 14.8 Å². The fraction of sp³-hybridized carbons (Fsp3) is 0.267. The number of carbonyl (C=O) groups is 1. The molecular weight excluding hydrogens is 284 g/mol. The van der Waals surface area contributed by atoms with Crippen molar-refractivity contribution in [3.63, 3.8) is 0 Å². The van der Waals surface area contributed by atoms with Crippen molar-refractivity contribution in [2.75, 3.05) is 19.5 Å². The summed E-state index contributed by atoms with van der Waals surface area (Å²) < 4.78 is 11.8. The van der Waals surface area contributed by atoms with E-state index < -0.39 is 12.0 Å². The van der Waals surface area contributed by atoms with E-state index in [1.807, 2.05) is 31.2 Å². The number of carbonyl (C=O) groups excluding carboxylic acids is 1. The monoisotopic (exact) mass is 300 g/mol. The van der Waals surface area contributed by atoms with Crippen LogP contribution in [-0.2, 0) is 9.53 Å². The molecular formula is C15H16N4O3. The van der Waals surface area contributed by atoms with Crippen LogP contribution in [0.1, 0.15) is 18.5 Å². The molecule has 0 aliphatic carbocycles. The molecule has 0 unspecified atom stereocenters. The number of anilines is 1. The number of ether oxygens (including phenoxy) is 2. The zero-order valence-electron chi connectivity index (χ0n) is 12.5. The summed E-state index contributed by atoms with van der Waals surface area (Å²) in [7, 11) is 2.98.